The molecule has 0 aliphatic carbocycles. The van der Waals surface area contributed by atoms with Crippen LogP contribution in [0.15, 0.2) is 48.5 Å². The van der Waals surface area contributed by atoms with Crippen LogP contribution in [0.4, 0.5) is 4.39 Å². The summed E-state index contributed by atoms with van der Waals surface area (Å²) in [6, 6.07) is 14.4. The van der Waals surface area contributed by atoms with Gasteiger partial charge in [0.25, 0.3) is 0 Å². The number of rotatable bonds is 2. The third-order valence-electron chi connectivity index (χ3n) is 2.24. The molecular weight excluding hydrogens is 211 g/mol. The molecule has 0 fully saturated rings. The summed E-state index contributed by atoms with van der Waals surface area (Å²) in [4.78, 5) is 0. The smallest absolute Gasteiger partial charge is 0.123 e. The Labute approximate surface area is 93.3 Å². The minimum Gasteiger partial charge on any atom is -0.207 e. The Morgan fingerprint density at radius 2 is 1.60 bits per heavy atom. The maximum Gasteiger partial charge on any atom is 0.123 e. The molecule has 0 aliphatic rings. The van der Waals surface area contributed by atoms with Gasteiger partial charge in [-0.1, -0.05) is 30.3 Å². The highest BCUT2D eigenvalue weighted by Crippen LogP contribution is 2.21. The average Bonchev–Trinajstić information content (AvgIpc) is 2.29. The van der Waals surface area contributed by atoms with Gasteiger partial charge in [-0.3, -0.25) is 0 Å². The number of hydrogen-bond donors (Lipinski definition) is 0. The van der Waals surface area contributed by atoms with Crippen molar-refractivity contribution < 1.29 is 4.39 Å². The number of halogens is 2. The van der Waals surface area contributed by atoms with Gasteiger partial charge in [-0.05, 0) is 34.9 Å². The van der Waals surface area contributed by atoms with E-state index in [0.717, 1.165) is 16.7 Å². The molecule has 0 saturated heterocycles. The number of hydrogen-bond acceptors (Lipinski definition) is 0. The quantitative estimate of drug-likeness (QED) is 0.665. The molecule has 0 amide bonds. The van der Waals surface area contributed by atoms with Crippen molar-refractivity contribution in [2.75, 3.05) is 0 Å². The predicted molar refractivity (Wildman–Crippen MR) is 61.4 cm³/mol. The lowest BCUT2D eigenvalue weighted by atomic mass is 10.0. The van der Waals surface area contributed by atoms with Crippen molar-refractivity contribution in [3.05, 3.63) is 59.9 Å². The van der Waals surface area contributed by atoms with Gasteiger partial charge < -0.3 is 0 Å². The number of benzene rings is 2. The van der Waals surface area contributed by atoms with Gasteiger partial charge >= 0.3 is 0 Å². The minimum atomic E-state index is -0.219. The fraction of sp³-hybridized carbons (Fsp3) is 0.0769. The first-order chi connectivity index (χ1) is 7.29. The maximum absolute atomic E-state index is 13.0. The molecule has 0 unspecified atom stereocenters. The van der Waals surface area contributed by atoms with Crippen LogP contribution in [0.25, 0.3) is 11.1 Å². The van der Waals surface area contributed by atoms with Gasteiger partial charge in [0, 0.05) is 5.88 Å². The first kappa shape index (κ1) is 10.2. The summed E-state index contributed by atoms with van der Waals surface area (Å²) in [5.74, 6) is 0.257. The van der Waals surface area contributed by atoms with Crippen LogP contribution in [-0.4, -0.2) is 0 Å². The van der Waals surface area contributed by atoms with E-state index in [1.807, 2.05) is 30.3 Å². The SMILES string of the molecule is Fc1cccc(-c2cccc(CCl)c2)c1. The van der Waals surface area contributed by atoms with E-state index in [1.165, 1.54) is 12.1 Å². The lowest BCUT2D eigenvalue weighted by Crippen LogP contribution is -1.82. The van der Waals surface area contributed by atoms with E-state index in [1.54, 1.807) is 6.07 Å². The minimum absolute atomic E-state index is 0.219. The second-order valence-corrected chi connectivity index (χ2v) is 3.61. The second-order valence-electron chi connectivity index (χ2n) is 3.34. The van der Waals surface area contributed by atoms with Gasteiger partial charge in [0.15, 0.2) is 0 Å². The molecule has 76 valence electrons. The van der Waals surface area contributed by atoms with Crippen LogP contribution in [0.3, 0.4) is 0 Å². The molecule has 2 aromatic rings. The Balaban J connectivity index is 2.44. The maximum atomic E-state index is 13.0. The molecule has 0 nitrogen and oxygen atoms in total. The summed E-state index contributed by atoms with van der Waals surface area (Å²) in [5.41, 5.74) is 2.91. The van der Waals surface area contributed by atoms with E-state index in [4.69, 9.17) is 11.6 Å². The van der Waals surface area contributed by atoms with Gasteiger partial charge in [0.1, 0.15) is 5.82 Å². The summed E-state index contributed by atoms with van der Waals surface area (Å²) in [7, 11) is 0. The average molecular weight is 221 g/mol. The molecule has 15 heavy (non-hydrogen) atoms. The largest absolute Gasteiger partial charge is 0.207 e. The zero-order chi connectivity index (χ0) is 10.7. The van der Waals surface area contributed by atoms with E-state index in [0.29, 0.717) is 5.88 Å². The molecule has 0 heterocycles. The van der Waals surface area contributed by atoms with Crippen molar-refractivity contribution in [2.24, 2.45) is 0 Å². The highest BCUT2D eigenvalue weighted by Gasteiger charge is 1.99. The Morgan fingerprint density at radius 1 is 0.933 bits per heavy atom. The van der Waals surface area contributed by atoms with Crippen molar-refractivity contribution in [1.82, 2.24) is 0 Å². The first-order valence-electron chi connectivity index (χ1n) is 4.70. The Kier molecular flexibility index (Phi) is 3.02. The molecule has 0 aromatic heterocycles. The van der Waals surface area contributed by atoms with Gasteiger partial charge in [-0.15, -0.1) is 11.6 Å². The third kappa shape index (κ3) is 2.37. The van der Waals surface area contributed by atoms with E-state index in [-0.39, 0.29) is 5.82 Å². The molecule has 0 atom stereocenters. The zero-order valence-electron chi connectivity index (χ0n) is 8.08. The molecule has 0 N–H and O–H groups in total. The van der Waals surface area contributed by atoms with Gasteiger partial charge in [-0.25, -0.2) is 4.39 Å². The summed E-state index contributed by atoms with van der Waals surface area (Å²) >= 11 is 5.74. The topological polar surface area (TPSA) is 0 Å². The number of alkyl halides is 1. The lowest BCUT2D eigenvalue weighted by Gasteiger charge is -2.03. The van der Waals surface area contributed by atoms with Gasteiger partial charge in [-0.2, -0.15) is 0 Å². The molecule has 0 bridgehead atoms. The summed E-state index contributed by atoms with van der Waals surface area (Å²) < 4.78 is 13.0. The molecular formula is C13H10ClF. The standard InChI is InChI=1S/C13H10ClF/c14-9-10-3-1-4-11(7-10)12-5-2-6-13(15)8-12/h1-8H,9H2. The monoisotopic (exact) mass is 220 g/mol. The van der Waals surface area contributed by atoms with Crippen LogP contribution in [-0.2, 0) is 5.88 Å². The van der Waals surface area contributed by atoms with Crippen LogP contribution in [0.2, 0.25) is 0 Å². The van der Waals surface area contributed by atoms with Crippen molar-refractivity contribution in [3.63, 3.8) is 0 Å². The van der Waals surface area contributed by atoms with E-state index >= 15 is 0 Å². The van der Waals surface area contributed by atoms with E-state index in [2.05, 4.69) is 0 Å². The van der Waals surface area contributed by atoms with Crippen LogP contribution in [0.1, 0.15) is 5.56 Å². The van der Waals surface area contributed by atoms with Crippen molar-refractivity contribution in [1.29, 1.82) is 0 Å². The normalized spacial score (nSPS) is 10.3. The molecule has 2 heteroatoms. The van der Waals surface area contributed by atoms with E-state index in [9.17, 15) is 4.39 Å². The van der Waals surface area contributed by atoms with Crippen molar-refractivity contribution >= 4 is 11.6 Å². The van der Waals surface area contributed by atoms with Gasteiger partial charge in [0.2, 0.25) is 0 Å². The summed E-state index contributed by atoms with van der Waals surface area (Å²) in [5, 5.41) is 0. The highest BCUT2D eigenvalue weighted by atomic mass is 35.5. The van der Waals surface area contributed by atoms with E-state index < -0.39 is 0 Å². The Hall–Kier alpha value is -1.34. The van der Waals surface area contributed by atoms with Crippen molar-refractivity contribution in [2.45, 2.75) is 5.88 Å². The fourth-order valence-corrected chi connectivity index (χ4v) is 1.67. The molecule has 2 aromatic carbocycles. The molecule has 0 aliphatic heterocycles. The third-order valence-corrected chi connectivity index (χ3v) is 2.55. The highest BCUT2D eigenvalue weighted by molar-refractivity contribution is 6.17. The summed E-state index contributed by atoms with van der Waals surface area (Å²) in [6.45, 7) is 0. The lowest BCUT2D eigenvalue weighted by molar-refractivity contribution is 0.628. The molecule has 2 rings (SSSR count). The van der Waals surface area contributed by atoms with Crippen LogP contribution in [0, 0.1) is 5.82 Å². The predicted octanol–water partition coefficient (Wildman–Crippen LogP) is 4.23. The summed E-state index contributed by atoms with van der Waals surface area (Å²) in [6.07, 6.45) is 0. The van der Waals surface area contributed by atoms with Gasteiger partial charge in [0.05, 0.1) is 0 Å². The Morgan fingerprint density at radius 3 is 2.27 bits per heavy atom. The van der Waals surface area contributed by atoms with Crippen LogP contribution >= 0.6 is 11.6 Å². The van der Waals surface area contributed by atoms with Crippen LogP contribution < -0.4 is 0 Å². The molecule has 0 radical (unpaired) electrons. The van der Waals surface area contributed by atoms with Crippen LogP contribution in [0.5, 0.6) is 0 Å². The van der Waals surface area contributed by atoms with Crippen molar-refractivity contribution in [3.8, 4) is 11.1 Å². The molecule has 0 saturated carbocycles. The zero-order valence-corrected chi connectivity index (χ0v) is 8.84. The Bertz CT molecular complexity index is 466. The molecule has 0 spiro atoms. The second kappa shape index (κ2) is 4.45. The fourth-order valence-electron chi connectivity index (χ4n) is 1.50. The first-order valence-corrected chi connectivity index (χ1v) is 5.24.